The van der Waals surface area contributed by atoms with Crippen LogP contribution in [-0.4, -0.2) is 78.9 Å². The minimum Gasteiger partial charge on any atom is -0.480 e. The molecule has 0 saturated carbocycles. The molecule has 2 unspecified atom stereocenters. The van der Waals surface area contributed by atoms with Gasteiger partial charge in [-0.25, -0.2) is 4.79 Å². The second-order valence-corrected chi connectivity index (χ2v) is 5.71. The molecule has 8 N–H and O–H groups in total. The van der Waals surface area contributed by atoms with Crippen molar-refractivity contribution in [3.8, 4) is 0 Å². The number of nitrogens with zero attached hydrogens (tertiary/aromatic N) is 1. The highest BCUT2D eigenvalue weighted by Crippen LogP contribution is 2.05. The van der Waals surface area contributed by atoms with Crippen LogP contribution in [0.1, 0.15) is 13.3 Å². The van der Waals surface area contributed by atoms with Crippen molar-refractivity contribution in [2.75, 3.05) is 19.6 Å². The Morgan fingerprint density at radius 3 is 2.59 bits per heavy atom. The molecule has 0 bridgehead atoms. The summed E-state index contributed by atoms with van der Waals surface area (Å²) in [6.07, 6.45) is 0.900. The van der Waals surface area contributed by atoms with Crippen LogP contribution in [0.15, 0.2) is 4.99 Å². The minimum atomic E-state index is -1.25. The van der Waals surface area contributed by atoms with Gasteiger partial charge in [-0.1, -0.05) is 0 Å². The highest BCUT2D eigenvalue weighted by molar-refractivity contribution is 5.92. The van der Waals surface area contributed by atoms with Crippen molar-refractivity contribution < 1.29 is 29.1 Å². The van der Waals surface area contributed by atoms with E-state index in [1.807, 2.05) is 0 Å². The fraction of sp³-hybridized carbons (Fsp3) is 0.571. The number of carbonyl (C=O) groups is 5. The summed E-state index contributed by atoms with van der Waals surface area (Å²) < 4.78 is 0. The topological polar surface area (TPSA) is 204 Å². The quantitative estimate of drug-likeness (QED) is 0.196. The van der Waals surface area contributed by atoms with Crippen LogP contribution in [0.4, 0.5) is 4.79 Å². The van der Waals surface area contributed by atoms with Gasteiger partial charge in [0, 0.05) is 6.54 Å². The van der Waals surface area contributed by atoms with Crippen LogP contribution in [0, 0.1) is 0 Å². The number of rotatable bonds is 9. The van der Waals surface area contributed by atoms with Crippen molar-refractivity contribution in [1.82, 2.24) is 26.6 Å². The van der Waals surface area contributed by atoms with Gasteiger partial charge in [-0.3, -0.25) is 19.4 Å². The van der Waals surface area contributed by atoms with Crippen molar-refractivity contribution in [3.63, 3.8) is 0 Å². The molecule has 0 saturated heterocycles. The summed E-state index contributed by atoms with van der Waals surface area (Å²) in [5.41, 5.74) is 5.59. The number of aliphatic imine (C=N–C) groups is 1. The molecular formula is C14H23N7O6. The lowest BCUT2D eigenvalue weighted by molar-refractivity contribution is -0.135. The van der Waals surface area contributed by atoms with Crippen LogP contribution in [-0.2, 0) is 19.2 Å². The summed E-state index contributed by atoms with van der Waals surface area (Å²) in [5.74, 6) is -2.44. The van der Waals surface area contributed by atoms with E-state index in [2.05, 4.69) is 31.6 Å². The minimum absolute atomic E-state index is 0.0920. The van der Waals surface area contributed by atoms with E-state index in [1.54, 1.807) is 0 Å². The normalized spacial score (nSPS) is 18.0. The highest BCUT2D eigenvalue weighted by atomic mass is 16.4. The van der Waals surface area contributed by atoms with Gasteiger partial charge in [0.25, 0.3) is 0 Å². The van der Waals surface area contributed by atoms with E-state index < -0.39 is 55.0 Å². The molecule has 0 aromatic carbocycles. The lowest BCUT2D eigenvalue weighted by Gasteiger charge is -2.30. The molecule has 27 heavy (non-hydrogen) atoms. The number of amides is 4. The van der Waals surface area contributed by atoms with Crippen LogP contribution >= 0.6 is 0 Å². The number of carbonyl (C=O) groups excluding carboxylic acids is 4. The fourth-order valence-corrected chi connectivity index (χ4v) is 2.20. The van der Waals surface area contributed by atoms with Gasteiger partial charge in [-0.05, 0) is 13.3 Å². The Hall–Kier alpha value is -3.38. The van der Waals surface area contributed by atoms with Gasteiger partial charge in [0.2, 0.25) is 11.8 Å². The molecule has 1 heterocycles. The zero-order valence-electron chi connectivity index (χ0n) is 14.7. The van der Waals surface area contributed by atoms with Gasteiger partial charge in [0.15, 0.2) is 5.96 Å². The van der Waals surface area contributed by atoms with Crippen LogP contribution < -0.4 is 32.3 Å². The summed E-state index contributed by atoms with van der Waals surface area (Å²) in [4.78, 5) is 60.9. The average molecular weight is 385 g/mol. The number of urea groups is 1. The number of hydrogen-bond donors (Lipinski definition) is 7. The molecule has 0 spiro atoms. The van der Waals surface area contributed by atoms with E-state index in [4.69, 9.17) is 10.8 Å². The number of nitrogens with two attached hydrogens (primary N) is 1. The first-order valence-electron chi connectivity index (χ1n) is 8.08. The molecule has 150 valence electrons. The molecule has 0 fully saturated rings. The van der Waals surface area contributed by atoms with Gasteiger partial charge < -0.3 is 42.2 Å². The first kappa shape index (κ1) is 21.7. The van der Waals surface area contributed by atoms with E-state index in [-0.39, 0.29) is 5.96 Å². The van der Waals surface area contributed by atoms with Crippen molar-refractivity contribution in [3.05, 3.63) is 0 Å². The Morgan fingerprint density at radius 2 is 2.00 bits per heavy atom. The maximum atomic E-state index is 12.4. The summed E-state index contributed by atoms with van der Waals surface area (Å²) in [7, 11) is 0. The first-order chi connectivity index (χ1) is 12.7. The van der Waals surface area contributed by atoms with Gasteiger partial charge in [0.05, 0.1) is 18.6 Å². The summed E-state index contributed by atoms with van der Waals surface area (Å²) >= 11 is 0. The number of nitrogens with one attached hydrogen (secondary N) is 5. The zero-order valence-corrected chi connectivity index (χ0v) is 14.7. The van der Waals surface area contributed by atoms with Crippen LogP contribution in [0.25, 0.3) is 0 Å². The Labute approximate surface area is 154 Å². The van der Waals surface area contributed by atoms with Crippen LogP contribution in [0.2, 0.25) is 0 Å². The molecule has 0 aromatic rings. The molecule has 0 radical (unpaired) electrons. The van der Waals surface area contributed by atoms with Crippen LogP contribution in [0.3, 0.4) is 0 Å². The second kappa shape index (κ2) is 10.6. The van der Waals surface area contributed by atoms with Crippen molar-refractivity contribution in [2.24, 2.45) is 10.7 Å². The molecule has 13 heteroatoms. The van der Waals surface area contributed by atoms with Crippen molar-refractivity contribution in [1.29, 1.82) is 0 Å². The Kier molecular flexibility index (Phi) is 8.48. The number of aldehydes is 1. The SMILES string of the molecule is C[C@@H](C=O)NC(=O)CNC(=O)C(NC(=O)NCC(=O)O)C1CCN=C(N)N1. The Morgan fingerprint density at radius 1 is 1.30 bits per heavy atom. The predicted octanol–water partition coefficient (Wildman–Crippen LogP) is -3.76. The molecule has 1 rings (SSSR count). The van der Waals surface area contributed by atoms with Gasteiger partial charge in [-0.15, -0.1) is 0 Å². The fourth-order valence-electron chi connectivity index (χ4n) is 2.20. The predicted molar refractivity (Wildman–Crippen MR) is 92.7 cm³/mol. The number of carboxylic acid groups (broad SMARTS) is 1. The Balaban J connectivity index is 2.71. The lowest BCUT2D eigenvalue weighted by atomic mass is 10.0. The first-order valence-corrected chi connectivity index (χ1v) is 8.08. The third-order valence-electron chi connectivity index (χ3n) is 3.44. The van der Waals surface area contributed by atoms with E-state index in [0.717, 1.165) is 0 Å². The van der Waals surface area contributed by atoms with Gasteiger partial charge in [0.1, 0.15) is 18.9 Å². The Bertz CT molecular complexity index is 623. The second-order valence-electron chi connectivity index (χ2n) is 5.71. The summed E-state index contributed by atoms with van der Waals surface area (Å²) in [5, 5.41) is 20.5. The van der Waals surface area contributed by atoms with E-state index >= 15 is 0 Å². The molecular weight excluding hydrogens is 362 g/mol. The molecule has 1 aliphatic rings. The molecule has 0 aromatic heterocycles. The van der Waals surface area contributed by atoms with E-state index in [9.17, 15) is 24.0 Å². The molecule has 1 aliphatic heterocycles. The van der Waals surface area contributed by atoms with Gasteiger partial charge in [-0.2, -0.15) is 0 Å². The third kappa shape index (κ3) is 8.02. The maximum absolute atomic E-state index is 12.4. The van der Waals surface area contributed by atoms with E-state index in [1.165, 1.54) is 6.92 Å². The number of aliphatic carboxylic acids is 1. The molecule has 3 atom stereocenters. The number of guanidine groups is 1. The van der Waals surface area contributed by atoms with Gasteiger partial charge >= 0.3 is 12.0 Å². The zero-order chi connectivity index (χ0) is 20.4. The van der Waals surface area contributed by atoms with Crippen molar-refractivity contribution >= 4 is 36.1 Å². The highest BCUT2D eigenvalue weighted by Gasteiger charge is 2.32. The third-order valence-corrected chi connectivity index (χ3v) is 3.44. The number of carboxylic acids is 1. The molecule has 4 amide bonds. The maximum Gasteiger partial charge on any atom is 0.323 e. The van der Waals surface area contributed by atoms with E-state index in [0.29, 0.717) is 19.3 Å². The average Bonchev–Trinajstić information content (AvgIpc) is 2.62. The summed E-state index contributed by atoms with van der Waals surface area (Å²) in [6.45, 7) is 0.747. The standard InChI is InChI=1S/C14H23N7O6/c1-7(6-22)19-9(23)4-17-12(26)11(8-2-3-16-13(15)20-8)21-14(27)18-5-10(24)25/h6-8,11H,2-5H2,1H3,(H,17,26)(H,19,23)(H,24,25)(H3,15,16,20)(H2,18,21,27)/t7-,8?,11?/m0/s1. The molecule has 13 nitrogen and oxygen atoms in total. The monoisotopic (exact) mass is 385 g/mol. The number of hydrogen-bond acceptors (Lipinski definition) is 8. The molecule has 0 aliphatic carbocycles. The largest absolute Gasteiger partial charge is 0.480 e. The van der Waals surface area contributed by atoms with Crippen LogP contribution in [0.5, 0.6) is 0 Å². The smallest absolute Gasteiger partial charge is 0.323 e. The van der Waals surface area contributed by atoms with Crippen molar-refractivity contribution in [2.45, 2.75) is 31.5 Å². The lowest BCUT2D eigenvalue weighted by Crippen LogP contribution is -2.62. The summed E-state index contributed by atoms with van der Waals surface area (Å²) in [6, 6.07) is -3.35.